The lowest BCUT2D eigenvalue weighted by Crippen LogP contribution is -2.14. The van der Waals surface area contributed by atoms with Gasteiger partial charge in [-0.1, -0.05) is 23.7 Å². The Morgan fingerprint density at radius 2 is 1.73 bits per heavy atom. The van der Waals surface area contributed by atoms with Gasteiger partial charge in [0.2, 0.25) is 5.91 Å². The van der Waals surface area contributed by atoms with Gasteiger partial charge in [-0.3, -0.25) is 9.59 Å². The largest absolute Gasteiger partial charge is 0.459 e. The smallest absolute Gasteiger partial charge is 0.291 e. The van der Waals surface area contributed by atoms with Crippen LogP contribution in [0.25, 0.3) is 0 Å². The second kappa shape index (κ2) is 8.60. The summed E-state index contributed by atoms with van der Waals surface area (Å²) in [5.74, 6) is 0.0519. The van der Waals surface area contributed by atoms with E-state index in [0.717, 1.165) is 4.90 Å². The Bertz CT molecular complexity index is 895. The molecule has 0 aliphatic heterocycles. The number of benzene rings is 2. The van der Waals surface area contributed by atoms with Crippen LogP contribution in [0, 0.1) is 0 Å². The molecular formula is C19H15ClN2O3S. The Labute approximate surface area is 159 Å². The summed E-state index contributed by atoms with van der Waals surface area (Å²) in [6, 6.07) is 17.6. The quantitative estimate of drug-likeness (QED) is 0.590. The number of nitrogens with one attached hydrogen (secondary N) is 2. The number of carbonyl (C=O) groups excluding carboxylic acids is 2. The van der Waals surface area contributed by atoms with Gasteiger partial charge in [-0.25, -0.2) is 0 Å². The third-order valence-corrected chi connectivity index (χ3v) is 4.72. The number of anilines is 2. The van der Waals surface area contributed by atoms with Crippen molar-refractivity contribution in [2.24, 2.45) is 0 Å². The van der Waals surface area contributed by atoms with Crippen LogP contribution in [-0.2, 0) is 4.79 Å². The predicted molar refractivity (Wildman–Crippen MR) is 104 cm³/mol. The molecule has 0 aliphatic carbocycles. The molecule has 0 fully saturated rings. The molecule has 2 aromatic carbocycles. The van der Waals surface area contributed by atoms with E-state index in [1.807, 2.05) is 18.2 Å². The molecule has 2 amide bonds. The fourth-order valence-corrected chi connectivity index (χ4v) is 3.01. The van der Waals surface area contributed by atoms with Crippen LogP contribution in [-0.4, -0.2) is 17.6 Å². The monoisotopic (exact) mass is 386 g/mol. The van der Waals surface area contributed by atoms with E-state index in [0.29, 0.717) is 16.4 Å². The topological polar surface area (TPSA) is 71.3 Å². The second-order valence-electron chi connectivity index (χ2n) is 5.27. The molecule has 0 bridgehead atoms. The van der Waals surface area contributed by atoms with Gasteiger partial charge >= 0.3 is 0 Å². The van der Waals surface area contributed by atoms with Crippen LogP contribution >= 0.6 is 23.4 Å². The minimum atomic E-state index is -0.311. The van der Waals surface area contributed by atoms with Gasteiger partial charge in [0.05, 0.1) is 22.7 Å². The summed E-state index contributed by atoms with van der Waals surface area (Å²) in [5, 5.41) is 6.02. The van der Waals surface area contributed by atoms with Gasteiger partial charge in [0.1, 0.15) is 0 Å². The van der Waals surface area contributed by atoms with E-state index in [9.17, 15) is 9.59 Å². The molecule has 7 heteroatoms. The average Bonchev–Trinajstić information content (AvgIpc) is 3.18. The van der Waals surface area contributed by atoms with Gasteiger partial charge < -0.3 is 15.1 Å². The van der Waals surface area contributed by atoms with Crippen molar-refractivity contribution in [2.45, 2.75) is 4.90 Å². The van der Waals surface area contributed by atoms with E-state index in [4.69, 9.17) is 16.0 Å². The molecule has 1 aromatic heterocycles. The highest BCUT2D eigenvalue weighted by Crippen LogP contribution is 2.23. The summed E-state index contributed by atoms with van der Waals surface area (Å²) < 4.78 is 5.04. The van der Waals surface area contributed by atoms with E-state index in [2.05, 4.69) is 10.6 Å². The number of hydrogen-bond donors (Lipinski definition) is 2. The molecule has 0 atom stereocenters. The molecule has 0 saturated carbocycles. The van der Waals surface area contributed by atoms with Crippen molar-refractivity contribution < 1.29 is 14.0 Å². The van der Waals surface area contributed by atoms with Crippen molar-refractivity contribution in [3.05, 3.63) is 77.7 Å². The Balaban J connectivity index is 1.50. The molecule has 0 radical (unpaired) electrons. The van der Waals surface area contributed by atoms with Crippen LogP contribution < -0.4 is 10.6 Å². The van der Waals surface area contributed by atoms with E-state index < -0.39 is 0 Å². The zero-order valence-corrected chi connectivity index (χ0v) is 15.1. The van der Waals surface area contributed by atoms with Gasteiger partial charge in [0, 0.05) is 10.6 Å². The van der Waals surface area contributed by atoms with Crippen molar-refractivity contribution in [1.82, 2.24) is 0 Å². The number of thioether (sulfide) groups is 1. The summed E-state index contributed by atoms with van der Waals surface area (Å²) in [4.78, 5) is 24.8. The van der Waals surface area contributed by atoms with E-state index in [1.165, 1.54) is 18.0 Å². The highest BCUT2D eigenvalue weighted by molar-refractivity contribution is 8.00. The van der Waals surface area contributed by atoms with Crippen LogP contribution in [0.5, 0.6) is 0 Å². The van der Waals surface area contributed by atoms with Crippen molar-refractivity contribution >= 4 is 46.6 Å². The lowest BCUT2D eigenvalue weighted by molar-refractivity contribution is -0.113. The molecule has 0 aliphatic rings. The van der Waals surface area contributed by atoms with Crippen LogP contribution in [0.3, 0.4) is 0 Å². The van der Waals surface area contributed by atoms with Gasteiger partial charge in [-0.05, 0) is 48.5 Å². The average molecular weight is 387 g/mol. The van der Waals surface area contributed by atoms with Gasteiger partial charge in [-0.2, -0.15) is 0 Å². The van der Waals surface area contributed by atoms with Gasteiger partial charge in [0.25, 0.3) is 5.91 Å². The number of furan rings is 1. The minimum absolute atomic E-state index is 0.140. The lowest BCUT2D eigenvalue weighted by atomic mass is 10.3. The van der Waals surface area contributed by atoms with Crippen molar-refractivity contribution in [3.8, 4) is 0 Å². The molecule has 0 spiro atoms. The van der Waals surface area contributed by atoms with Crippen LogP contribution in [0.1, 0.15) is 10.6 Å². The SMILES string of the molecule is O=C(CSc1ccc(NC(=O)c2ccco2)cc1)Nc1ccccc1Cl. The van der Waals surface area contributed by atoms with Gasteiger partial charge in [-0.15, -0.1) is 11.8 Å². The number of halogens is 1. The lowest BCUT2D eigenvalue weighted by Gasteiger charge is -2.07. The highest BCUT2D eigenvalue weighted by Gasteiger charge is 2.09. The third-order valence-electron chi connectivity index (χ3n) is 3.38. The molecule has 132 valence electrons. The zero-order chi connectivity index (χ0) is 18.4. The zero-order valence-electron chi connectivity index (χ0n) is 13.6. The summed E-state index contributed by atoms with van der Waals surface area (Å²) in [6.07, 6.45) is 1.45. The summed E-state index contributed by atoms with van der Waals surface area (Å²) in [6.45, 7) is 0. The van der Waals surface area contributed by atoms with Crippen LogP contribution in [0.15, 0.2) is 76.2 Å². The Hall–Kier alpha value is -2.70. The maximum Gasteiger partial charge on any atom is 0.291 e. The third kappa shape index (κ3) is 4.91. The Morgan fingerprint density at radius 3 is 2.42 bits per heavy atom. The fourth-order valence-electron chi connectivity index (χ4n) is 2.13. The normalized spacial score (nSPS) is 10.3. The molecular weight excluding hydrogens is 372 g/mol. The predicted octanol–water partition coefficient (Wildman–Crippen LogP) is 4.92. The number of carbonyl (C=O) groups is 2. The van der Waals surface area contributed by atoms with E-state index in [-0.39, 0.29) is 23.3 Å². The number of para-hydroxylation sites is 1. The maximum absolute atomic E-state index is 12.0. The van der Waals surface area contributed by atoms with Crippen LogP contribution in [0.2, 0.25) is 5.02 Å². The summed E-state index contributed by atoms with van der Waals surface area (Å²) >= 11 is 7.41. The molecule has 3 aromatic rings. The number of hydrogen-bond acceptors (Lipinski definition) is 4. The molecule has 26 heavy (non-hydrogen) atoms. The molecule has 2 N–H and O–H groups in total. The van der Waals surface area contributed by atoms with Crippen LogP contribution in [0.4, 0.5) is 11.4 Å². The van der Waals surface area contributed by atoms with Crippen molar-refractivity contribution in [2.75, 3.05) is 16.4 Å². The Morgan fingerprint density at radius 1 is 0.962 bits per heavy atom. The first-order chi connectivity index (χ1) is 12.6. The first-order valence-electron chi connectivity index (χ1n) is 7.74. The molecule has 0 saturated heterocycles. The number of rotatable bonds is 6. The number of amides is 2. The molecule has 1 heterocycles. The molecule has 0 unspecified atom stereocenters. The summed E-state index contributed by atoms with van der Waals surface area (Å²) in [7, 11) is 0. The molecule has 5 nitrogen and oxygen atoms in total. The fraction of sp³-hybridized carbons (Fsp3) is 0.0526. The first kappa shape index (κ1) is 18.1. The summed E-state index contributed by atoms with van der Waals surface area (Å²) in [5.41, 5.74) is 1.24. The van der Waals surface area contributed by atoms with Crippen molar-refractivity contribution in [3.63, 3.8) is 0 Å². The highest BCUT2D eigenvalue weighted by atomic mass is 35.5. The van der Waals surface area contributed by atoms with E-state index in [1.54, 1.807) is 42.5 Å². The van der Waals surface area contributed by atoms with Crippen molar-refractivity contribution in [1.29, 1.82) is 0 Å². The maximum atomic E-state index is 12.0. The minimum Gasteiger partial charge on any atom is -0.459 e. The van der Waals surface area contributed by atoms with E-state index >= 15 is 0 Å². The standard InChI is InChI=1S/C19H15ClN2O3S/c20-15-4-1-2-5-16(15)22-18(23)12-26-14-9-7-13(8-10-14)21-19(24)17-6-3-11-25-17/h1-11H,12H2,(H,21,24)(H,22,23). The molecule has 3 rings (SSSR count). The Kier molecular flexibility index (Phi) is 5.99. The van der Waals surface area contributed by atoms with Gasteiger partial charge in [0.15, 0.2) is 5.76 Å². The first-order valence-corrected chi connectivity index (χ1v) is 9.10. The second-order valence-corrected chi connectivity index (χ2v) is 6.73.